The molecule has 34 heavy (non-hydrogen) atoms. The molecular weight excluding hydrogens is 474 g/mol. The number of anilines is 1. The lowest BCUT2D eigenvalue weighted by molar-refractivity contribution is -0.384. The second-order valence-electron chi connectivity index (χ2n) is 7.54. The number of aromatic nitrogens is 3. The van der Waals surface area contributed by atoms with E-state index in [1.807, 2.05) is 54.0 Å². The van der Waals surface area contributed by atoms with Crippen molar-refractivity contribution in [1.82, 2.24) is 14.8 Å². The predicted octanol–water partition coefficient (Wildman–Crippen LogP) is 5.92. The molecule has 1 unspecified atom stereocenters. The first-order valence-corrected chi connectivity index (χ1v) is 11.6. The topological polar surface area (TPSA) is 103 Å². The van der Waals surface area contributed by atoms with Gasteiger partial charge >= 0.3 is 0 Å². The summed E-state index contributed by atoms with van der Waals surface area (Å²) in [6.07, 6.45) is 0. The highest BCUT2D eigenvalue weighted by atomic mass is 35.5. The molecule has 0 radical (unpaired) electrons. The van der Waals surface area contributed by atoms with Crippen molar-refractivity contribution >= 4 is 40.6 Å². The molecule has 0 spiro atoms. The molecule has 0 saturated heterocycles. The van der Waals surface area contributed by atoms with E-state index < -0.39 is 10.2 Å². The van der Waals surface area contributed by atoms with E-state index in [1.54, 1.807) is 13.0 Å². The molecule has 172 valence electrons. The molecule has 4 rings (SSSR count). The van der Waals surface area contributed by atoms with Crippen LogP contribution in [0.4, 0.5) is 11.4 Å². The molecule has 4 aromatic rings. The second kappa shape index (κ2) is 10.1. The molecule has 3 aromatic carbocycles. The minimum absolute atomic E-state index is 0.0428. The van der Waals surface area contributed by atoms with Gasteiger partial charge in [0.05, 0.1) is 15.9 Å². The zero-order valence-corrected chi connectivity index (χ0v) is 19.9. The summed E-state index contributed by atoms with van der Waals surface area (Å²) in [6, 6.07) is 21.0. The number of hydrogen-bond acceptors (Lipinski definition) is 6. The zero-order valence-electron chi connectivity index (χ0n) is 18.3. The fourth-order valence-corrected chi connectivity index (χ4v) is 4.34. The van der Waals surface area contributed by atoms with Crippen LogP contribution in [0, 0.1) is 17.0 Å². The van der Waals surface area contributed by atoms with Crippen LogP contribution < -0.4 is 5.32 Å². The largest absolute Gasteiger partial charge is 0.325 e. The van der Waals surface area contributed by atoms with Crippen molar-refractivity contribution in [3.63, 3.8) is 0 Å². The number of halogens is 1. The number of amides is 1. The highest BCUT2D eigenvalue weighted by Gasteiger charge is 2.22. The summed E-state index contributed by atoms with van der Waals surface area (Å²) in [5, 5.41) is 23.0. The first kappa shape index (κ1) is 23.5. The lowest BCUT2D eigenvalue weighted by Crippen LogP contribution is -2.22. The van der Waals surface area contributed by atoms with E-state index in [2.05, 4.69) is 15.5 Å². The summed E-state index contributed by atoms with van der Waals surface area (Å²) in [4.78, 5) is 23.2. The third-order valence-electron chi connectivity index (χ3n) is 4.97. The van der Waals surface area contributed by atoms with Crippen molar-refractivity contribution in [2.45, 2.75) is 24.3 Å². The molecule has 1 aromatic heterocycles. The molecule has 1 N–H and O–H groups in total. The number of nitro groups is 1. The van der Waals surface area contributed by atoms with E-state index in [1.165, 1.54) is 36.0 Å². The molecule has 0 bridgehead atoms. The van der Waals surface area contributed by atoms with Gasteiger partial charge in [-0.1, -0.05) is 53.2 Å². The molecule has 0 saturated carbocycles. The molecule has 0 aliphatic carbocycles. The van der Waals surface area contributed by atoms with Crippen molar-refractivity contribution in [2.75, 3.05) is 5.32 Å². The summed E-state index contributed by atoms with van der Waals surface area (Å²) >= 11 is 7.50. The van der Waals surface area contributed by atoms with E-state index >= 15 is 0 Å². The van der Waals surface area contributed by atoms with Gasteiger partial charge in [-0.15, -0.1) is 10.2 Å². The number of benzene rings is 3. The van der Waals surface area contributed by atoms with E-state index in [0.717, 1.165) is 16.8 Å². The third-order valence-corrected chi connectivity index (χ3v) is 6.25. The minimum atomic E-state index is -0.525. The number of nitro benzene ring substituents is 1. The highest BCUT2D eigenvalue weighted by Crippen LogP contribution is 2.31. The average Bonchev–Trinajstić information content (AvgIpc) is 3.23. The Labute approximate surface area is 205 Å². The molecule has 0 fully saturated rings. The van der Waals surface area contributed by atoms with Gasteiger partial charge in [-0.25, -0.2) is 0 Å². The Hall–Kier alpha value is -3.69. The first-order chi connectivity index (χ1) is 16.3. The zero-order chi connectivity index (χ0) is 24.2. The molecule has 0 aliphatic heterocycles. The van der Waals surface area contributed by atoms with Gasteiger partial charge < -0.3 is 5.32 Å². The molecular formula is C24H20ClN5O3S. The van der Waals surface area contributed by atoms with Crippen LogP contribution >= 0.6 is 23.4 Å². The Morgan fingerprint density at radius 2 is 1.82 bits per heavy atom. The van der Waals surface area contributed by atoms with E-state index in [0.29, 0.717) is 21.7 Å². The summed E-state index contributed by atoms with van der Waals surface area (Å²) in [5.41, 5.74) is 3.18. The van der Waals surface area contributed by atoms with Crippen LogP contribution in [0.2, 0.25) is 5.02 Å². The third kappa shape index (κ3) is 5.27. The van der Waals surface area contributed by atoms with Crippen LogP contribution in [0.15, 0.2) is 78.0 Å². The summed E-state index contributed by atoms with van der Waals surface area (Å²) < 4.78 is 1.88. The van der Waals surface area contributed by atoms with E-state index in [9.17, 15) is 14.9 Å². The van der Waals surface area contributed by atoms with Gasteiger partial charge in [0.25, 0.3) is 5.69 Å². The van der Waals surface area contributed by atoms with Crippen LogP contribution in [-0.2, 0) is 4.79 Å². The Bertz CT molecular complexity index is 1360. The van der Waals surface area contributed by atoms with Gasteiger partial charge in [-0.3, -0.25) is 19.5 Å². The van der Waals surface area contributed by atoms with Crippen molar-refractivity contribution in [1.29, 1.82) is 0 Å². The summed E-state index contributed by atoms with van der Waals surface area (Å²) in [5.74, 6) is 0.369. The van der Waals surface area contributed by atoms with Gasteiger partial charge in [0.2, 0.25) is 5.91 Å². The quantitative estimate of drug-likeness (QED) is 0.194. The van der Waals surface area contributed by atoms with Crippen LogP contribution in [-0.4, -0.2) is 30.8 Å². The Morgan fingerprint density at radius 1 is 1.09 bits per heavy atom. The maximum Gasteiger partial charge on any atom is 0.269 e. The van der Waals surface area contributed by atoms with Gasteiger partial charge in [-0.2, -0.15) is 0 Å². The van der Waals surface area contributed by atoms with Crippen LogP contribution in [0.3, 0.4) is 0 Å². The summed E-state index contributed by atoms with van der Waals surface area (Å²) in [6.45, 7) is 3.76. The normalized spacial score (nSPS) is 11.7. The van der Waals surface area contributed by atoms with E-state index in [4.69, 9.17) is 11.6 Å². The Morgan fingerprint density at radius 3 is 2.50 bits per heavy atom. The van der Waals surface area contributed by atoms with Crippen molar-refractivity contribution in [2.24, 2.45) is 0 Å². The molecule has 1 atom stereocenters. The van der Waals surface area contributed by atoms with Crippen LogP contribution in [0.5, 0.6) is 0 Å². The SMILES string of the molecule is Cc1cccc(-c2nnc(SC(C)C(=O)Nc3ccc([N+](=O)[O-])cc3)n2-c2cccc(Cl)c2)c1. The summed E-state index contributed by atoms with van der Waals surface area (Å²) in [7, 11) is 0. The van der Waals surface area contributed by atoms with Gasteiger partial charge in [0.15, 0.2) is 11.0 Å². The predicted molar refractivity (Wildman–Crippen MR) is 134 cm³/mol. The number of thioether (sulfide) groups is 1. The fraction of sp³-hybridized carbons (Fsp3) is 0.125. The number of carbonyl (C=O) groups excluding carboxylic acids is 1. The van der Waals surface area contributed by atoms with Crippen LogP contribution in [0.1, 0.15) is 12.5 Å². The fourth-order valence-electron chi connectivity index (χ4n) is 3.29. The van der Waals surface area contributed by atoms with Gasteiger partial charge in [-0.05, 0) is 50.2 Å². The minimum Gasteiger partial charge on any atom is -0.325 e. The maximum absolute atomic E-state index is 12.8. The Kier molecular flexibility index (Phi) is 6.95. The number of rotatable bonds is 7. The molecule has 1 amide bonds. The average molecular weight is 494 g/mol. The molecule has 8 nitrogen and oxygen atoms in total. The number of carbonyl (C=O) groups is 1. The molecule has 1 heterocycles. The smallest absolute Gasteiger partial charge is 0.269 e. The standard InChI is InChI=1S/C24H20ClN5O3S/c1-15-5-3-6-17(13-15)22-27-28-24(29(22)21-8-4-7-18(25)14-21)34-16(2)23(31)26-19-9-11-20(12-10-19)30(32)33/h3-14,16H,1-2H3,(H,26,31). The Balaban J connectivity index is 1.62. The number of nitrogens with zero attached hydrogens (tertiary/aromatic N) is 4. The van der Waals surface area contributed by atoms with Crippen molar-refractivity contribution < 1.29 is 9.72 Å². The lowest BCUT2D eigenvalue weighted by atomic mass is 10.1. The van der Waals surface area contributed by atoms with Gasteiger partial charge in [0, 0.05) is 28.4 Å². The molecule has 0 aliphatic rings. The number of nitrogens with one attached hydrogen (secondary N) is 1. The monoisotopic (exact) mass is 493 g/mol. The van der Waals surface area contributed by atoms with E-state index in [-0.39, 0.29) is 11.6 Å². The number of hydrogen-bond donors (Lipinski definition) is 1. The van der Waals surface area contributed by atoms with Gasteiger partial charge in [0.1, 0.15) is 0 Å². The number of non-ortho nitro benzene ring substituents is 1. The first-order valence-electron chi connectivity index (χ1n) is 10.3. The number of aryl methyl sites for hydroxylation is 1. The molecule has 10 heteroatoms. The van der Waals surface area contributed by atoms with Crippen LogP contribution in [0.25, 0.3) is 17.1 Å². The van der Waals surface area contributed by atoms with Crippen molar-refractivity contribution in [3.8, 4) is 17.1 Å². The maximum atomic E-state index is 12.8. The second-order valence-corrected chi connectivity index (χ2v) is 9.29. The van der Waals surface area contributed by atoms with Crippen molar-refractivity contribution in [3.05, 3.63) is 93.5 Å². The highest BCUT2D eigenvalue weighted by molar-refractivity contribution is 8.00. The lowest BCUT2D eigenvalue weighted by Gasteiger charge is -2.14.